The van der Waals surface area contributed by atoms with Crippen LogP contribution in [0.3, 0.4) is 0 Å². The fourth-order valence-corrected chi connectivity index (χ4v) is 4.83. The smallest absolute Gasteiger partial charge is 0.223 e. The number of carbonyl (C=O) groups excluding carboxylic acids is 1. The summed E-state index contributed by atoms with van der Waals surface area (Å²) < 4.78 is 11.1. The summed E-state index contributed by atoms with van der Waals surface area (Å²) >= 11 is 0. The third-order valence-electron chi connectivity index (χ3n) is 5.79. The summed E-state index contributed by atoms with van der Waals surface area (Å²) in [5.41, 5.74) is -0.0236. The molecule has 2 aliphatic heterocycles. The van der Waals surface area contributed by atoms with Crippen LogP contribution in [-0.4, -0.2) is 54.1 Å². The highest BCUT2D eigenvalue weighted by molar-refractivity contribution is 5.80. The molecule has 5 heteroatoms. The van der Waals surface area contributed by atoms with Crippen LogP contribution in [0.2, 0.25) is 0 Å². The van der Waals surface area contributed by atoms with Gasteiger partial charge in [-0.05, 0) is 51.3 Å². The van der Waals surface area contributed by atoms with Crippen LogP contribution in [0.5, 0.6) is 0 Å². The summed E-state index contributed by atoms with van der Waals surface area (Å²) in [6.45, 7) is 7.46. The van der Waals surface area contributed by atoms with E-state index in [2.05, 4.69) is 22.8 Å². The minimum Gasteiger partial charge on any atom is -0.465 e. The van der Waals surface area contributed by atoms with E-state index in [1.54, 1.807) is 7.11 Å². The van der Waals surface area contributed by atoms with Gasteiger partial charge >= 0.3 is 0 Å². The van der Waals surface area contributed by atoms with Crippen molar-refractivity contribution in [2.75, 3.05) is 26.8 Å². The lowest BCUT2D eigenvalue weighted by Crippen LogP contribution is -2.63. The van der Waals surface area contributed by atoms with Crippen molar-refractivity contribution < 1.29 is 13.9 Å². The number of nitrogens with zero attached hydrogens (tertiary/aromatic N) is 2. The average Bonchev–Trinajstić information content (AvgIpc) is 3.11. The molecule has 134 valence electrons. The Kier molecular flexibility index (Phi) is 5.30. The highest BCUT2D eigenvalue weighted by Crippen LogP contribution is 2.43. The van der Waals surface area contributed by atoms with Gasteiger partial charge in [-0.15, -0.1) is 0 Å². The molecule has 0 radical (unpaired) electrons. The van der Waals surface area contributed by atoms with Crippen molar-refractivity contribution in [1.29, 1.82) is 0 Å². The van der Waals surface area contributed by atoms with E-state index in [1.165, 1.54) is 0 Å². The number of methoxy groups -OCH3 is 1. The van der Waals surface area contributed by atoms with Gasteiger partial charge in [-0.1, -0.05) is 6.92 Å². The van der Waals surface area contributed by atoms with Gasteiger partial charge in [0.15, 0.2) is 0 Å². The molecule has 0 saturated carbocycles. The molecule has 3 rings (SSSR count). The van der Waals surface area contributed by atoms with Crippen molar-refractivity contribution in [2.45, 2.75) is 64.1 Å². The minimum absolute atomic E-state index is 0.0236. The van der Waals surface area contributed by atoms with E-state index in [9.17, 15) is 4.79 Å². The Morgan fingerprint density at radius 1 is 1.38 bits per heavy atom. The van der Waals surface area contributed by atoms with Crippen LogP contribution >= 0.6 is 0 Å². The molecular formula is C19H30N2O3. The van der Waals surface area contributed by atoms with Crippen LogP contribution in [0.1, 0.15) is 50.5 Å². The van der Waals surface area contributed by atoms with E-state index < -0.39 is 0 Å². The number of furan rings is 1. The van der Waals surface area contributed by atoms with Crippen LogP contribution < -0.4 is 0 Å². The molecule has 2 saturated heterocycles. The predicted octanol–water partition coefficient (Wildman–Crippen LogP) is 2.97. The molecule has 0 N–H and O–H groups in total. The van der Waals surface area contributed by atoms with E-state index in [4.69, 9.17) is 9.15 Å². The molecule has 0 unspecified atom stereocenters. The molecule has 1 aromatic heterocycles. The number of ether oxygens (including phenoxy) is 1. The maximum Gasteiger partial charge on any atom is 0.223 e. The van der Waals surface area contributed by atoms with Crippen molar-refractivity contribution in [3.05, 3.63) is 23.7 Å². The van der Waals surface area contributed by atoms with Crippen LogP contribution in [0.4, 0.5) is 0 Å². The van der Waals surface area contributed by atoms with E-state index in [0.29, 0.717) is 31.5 Å². The normalized spacial score (nSPS) is 28.2. The van der Waals surface area contributed by atoms with Gasteiger partial charge in [0.25, 0.3) is 0 Å². The zero-order chi connectivity index (χ0) is 17.2. The second kappa shape index (κ2) is 7.28. The highest BCUT2D eigenvalue weighted by atomic mass is 16.5. The Labute approximate surface area is 144 Å². The summed E-state index contributed by atoms with van der Waals surface area (Å²) in [6, 6.07) is 4.49. The fourth-order valence-electron chi connectivity index (χ4n) is 4.83. The lowest BCUT2D eigenvalue weighted by atomic mass is 9.77. The van der Waals surface area contributed by atoms with Crippen LogP contribution in [-0.2, 0) is 16.1 Å². The Morgan fingerprint density at radius 3 is 2.88 bits per heavy atom. The summed E-state index contributed by atoms with van der Waals surface area (Å²) in [6.07, 6.45) is 4.94. The van der Waals surface area contributed by atoms with Gasteiger partial charge in [-0.2, -0.15) is 0 Å². The van der Waals surface area contributed by atoms with Crippen molar-refractivity contribution >= 4 is 5.91 Å². The monoisotopic (exact) mass is 334 g/mol. The Morgan fingerprint density at radius 2 is 2.21 bits per heavy atom. The SMILES string of the molecule is CC[C@H]1N(Cc2ccc(C)o2)CCC[C@@]12CCC(=O)N2CCOC. The fraction of sp³-hybridized carbons (Fsp3) is 0.737. The molecule has 2 atom stereocenters. The van der Waals surface area contributed by atoms with Gasteiger partial charge < -0.3 is 14.1 Å². The summed E-state index contributed by atoms with van der Waals surface area (Å²) in [5, 5.41) is 0. The van der Waals surface area contributed by atoms with Gasteiger partial charge in [0.1, 0.15) is 11.5 Å². The molecule has 24 heavy (non-hydrogen) atoms. The molecule has 3 heterocycles. The lowest BCUT2D eigenvalue weighted by molar-refractivity contribution is -0.136. The number of carbonyl (C=O) groups is 1. The summed E-state index contributed by atoms with van der Waals surface area (Å²) in [7, 11) is 1.71. The molecular weight excluding hydrogens is 304 g/mol. The number of amides is 1. The van der Waals surface area contributed by atoms with E-state index >= 15 is 0 Å². The predicted molar refractivity (Wildman–Crippen MR) is 92.7 cm³/mol. The third-order valence-corrected chi connectivity index (χ3v) is 5.79. The molecule has 1 spiro atoms. The molecule has 0 aliphatic carbocycles. The Balaban J connectivity index is 1.82. The van der Waals surface area contributed by atoms with Crippen molar-refractivity contribution in [2.24, 2.45) is 0 Å². The number of aryl methyl sites for hydroxylation is 1. The van der Waals surface area contributed by atoms with Crippen LogP contribution in [0.25, 0.3) is 0 Å². The molecule has 1 amide bonds. The zero-order valence-corrected chi connectivity index (χ0v) is 15.2. The summed E-state index contributed by atoms with van der Waals surface area (Å²) in [4.78, 5) is 17.2. The highest BCUT2D eigenvalue weighted by Gasteiger charge is 2.52. The Hall–Kier alpha value is -1.33. The first-order chi connectivity index (χ1) is 11.6. The molecule has 5 nitrogen and oxygen atoms in total. The second-order valence-electron chi connectivity index (χ2n) is 7.15. The van der Waals surface area contributed by atoms with Crippen molar-refractivity contribution in [3.63, 3.8) is 0 Å². The van der Waals surface area contributed by atoms with E-state index in [0.717, 1.165) is 50.3 Å². The van der Waals surface area contributed by atoms with Crippen molar-refractivity contribution in [1.82, 2.24) is 9.80 Å². The first-order valence-electron chi connectivity index (χ1n) is 9.19. The zero-order valence-electron chi connectivity index (χ0n) is 15.2. The number of hydrogen-bond donors (Lipinski definition) is 0. The van der Waals surface area contributed by atoms with Gasteiger partial charge in [-0.25, -0.2) is 0 Å². The van der Waals surface area contributed by atoms with E-state index in [1.807, 2.05) is 13.0 Å². The van der Waals surface area contributed by atoms with Crippen LogP contribution in [0, 0.1) is 6.92 Å². The Bertz CT molecular complexity index is 571. The standard InChI is InChI=1S/C19H30N2O3/c1-4-17-19(10-8-18(22)21(19)12-13-23-3)9-5-11-20(17)14-16-7-6-15(2)24-16/h6-7,17H,4-5,8-14H2,1-3H3/t17-,19-/m1/s1. The molecule has 2 aliphatic rings. The number of piperidine rings is 1. The molecule has 2 fully saturated rings. The van der Waals surface area contributed by atoms with Gasteiger partial charge in [-0.3, -0.25) is 9.69 Å². The van der Waals surface area contributed by atoms with Crippen LogP contribution in [0.15, 0.2) is 16.5 Å². The second-order valence-corrected chi connectivity index (χ2v) is 7.15. The largest absolute Gasteiger partial charge is 0.465 e. The van der Waals surface area contributed by atoms with Gasteiger partial charge in [0, 0.05) is 26.1 Å². The lowest BCUT2D eigenvalue weighted by Gasteiger charge is -2.52. The first-order valence-corrected chi connectivity index (χ1v) is 9.19. The number of rotatable bonds is 6. The average molecular weight is 334 g/mol. The third kappa shape index (κ3) is 3.11. The van der Waals surface area contributed by atoms with Gasteiger partial charge in [0.2, 0.25) is 5.91 Å². The minimum atomic E-state index is -0.0236. The summed E-state index contributed by atoms with van der Waals surface area (Å²) in [5.74, 6) is 2.28. The molecule has 1 aromatic rings. The molecule has 0 aromatic carbocycles. The maximum atomic E-state index is 12.5. The first kappa shape index (κ1) is 17.5. The van der Waals surface area contributed by atoms with Gasteiger partial charge in [0.05, 0.1) is 18.7 Å². The molecule has 0 bridgehead atoms. The quantitative estimate of drug-likeness (QED) is 0.802. The number of hydrogen-bond acceptors (Lipinski definition) is 4. The number of likely N-dealkylation sites (tertiary alicyclic amines) is 2. The van der Waals surface area contributed by atoms with Crippen molar-refractivity contribution in [3.8, 4) is 0 Å². The maximum absolute atomic E-state index is 12.5. The van der Waals surface area contributed by atoms with E-state index in [-0.39, 0.29) is 5.54 Å². The topological polar surface area (TPSA) is 45.9 Å².